The number of carbonyl (C=O) groups excluding carboxylic acids is 3. The van der Waals surface area contributed by atoms with E-state index in [-0.39, 0.29) is 35.1 Å². The van der Waals surface area contributed by atoms with Crippen molar-refractivity contribution in [3.8, 4) is 11.6 Å². The average molecular weight is 751 g/mol. The normalized spacial score (nSPS) is 22.8. The van der Waals surface area contributed by atoms with Gasteiger partial charge in [-0.05, 0) is 74.8 Å². The van der Waals surface area contributed by atoms with Crippen LogP contribution in [0.3, 0.4) is 0 Å². The molecule has 7 aromatic rings. The lowest BCUT2D eigenvalue weighted by molar-refractivity contribution is -0.124. The number of aromatic hydroxyl groups is 1. The molecule has 0 bridgehead atoms. The highest BCUT2D eigenvalue weighted by Gasteiger charge is 2.73. The SMILES string of the molecule is Cc1ccc(N2C(=O)[C@H]3C4CCCN4C4(c5ccccc5-n5c4nc4ccccc4c5=O)[C@H]3C2=O)cc1.O=C1C(c2c(O)[nH]c3ccccc23)=Nc2ccccc21. The molecule has 5 aromatic carbocycles. The summed E-state index contributed by atoms with van der Waals surface area (Å²) >= 11 is 0. The number of aromatic amines is 1. The van der Waals surface area contributed by atoms with Crippen LogP contribution >= 0.6 is 0 Å². The molecule has 5 aliphatic heterocycles. The summed E-state index contributed by atoms with van der Waals surface area (Å²) in [5, 5.41) is 11.4. The molecule has 12 rings (SSSR count). The largest absolute Gasteiger partial charge is 0.494 e. The van der Waals surface area contributed by atoms with Gasteiger partial charge in [-0.2, -0.15) is 0 Å². The van der Waals surface area contributed by atoms with E-state index in [1.54, 1.807) is 22.8 Å². The molecule has 3 fully saturated rings. The van der Waals surface area contributed by atoms with Gasteiger partial charge in [-0.25, -0.2) is 14.9 Å². The molecule has 0 saturated carbocycles. The molecule has 57 heavy (non-hydrogen) atoms. The van der Waals surface area contributed by atoms with E-state index in [1.807, 2.05) is 110 Å². The zero-order valence-electron chi connectivity index (χ0n) is 30.7. The summed E-state index contributed by atoms with van der Waals surface area (Å²) in [6, 6.07) is 37.3. The predicted molar refractivity (Wildman–Crippen MR) is 215 cm³/mol. The number of aliphatic imine (C=N–C) groups is 1. The Bertz CT molecular complexity index is 3000. The summed E-state index contributed by atoms with van der Waals surface area (Å²) in [6.07, 6.45) is 1.77. The first-order valence-electron chi connectivity index (χ1n) is 19.1. The Morgan fingerprint density at radius 1 is 0.789 bits per heavy atom. The number of imide groups is 1. The van der Waals surface area contributed by atoms with Crippen molar-refractivity contribution in [3.63, 3.8) is 0 Å². The van der Waals surface area contributed by atoms with Crippen molar-refractivity contribution in [2.24, 2.45) is 16.8 Å². The number of anilines is 1. The number of fused-ring (bicyclic) bond motifs is 13. The number of carbonyl (C=O) groups is 3. The number of aromatic nitrogens is 3. The minimum absolute atomic E-state index is 0.0221. The molecule has 4 atom stereocenters. The highest BCUT2D eigenvalue weighted by molar-refractivity contribution is 6.56. The third-order valence-electron chi connectivity index (χ3n) is 12.5. The Balaban J connectivity index is 0.000000158. The predicted octanol–water partition coefficient (Wildman–Crippen LogP) is 6.73. The van der Waals surface area contributed by atoms with Gasteiger partial charge in [0.05, 0.1) is 45.4 Å². The van der Waals surface area contributed by atoms with Gasteiger partial charge in [0.2, 0.25) is 17.6 Å². The van der Waals surface area contributed by atoms with E-state index in [0.29, 0.717) is 44.9 Å². The topological polar surface area (TPSA) is 141 Å². The number of nitrogens with one attached hydrogen (secondary N) is 1. The van der Waals surface area contributed by atoms with Crippen LogP contribution in [-0.4, -0.2) is 60.4 Å². The summed E-state index contributed by atoms with van der Waals surface area (Å²) in [4.78, 5) is 70.9. The van der Waals surface area contributed by atoms with Gasteiger partial charge in [0.15, 0.2) is 5.88 Å². The minimum Gasteiger partial charge on any atom is -0.494 e. The number of H-pyrrole nitrogens is 1. The Morgan fingerprint density at radius 2 is 1.51 bits per heavy atom. The summed E-state index contributed by atoms with van der Waals surface area (Å²) < 4.78 is 1.70. The van der Waals surface area contributed by atoms with Crippen LogP contribution in [0.4, 0.5) is 11.4 Å². The molecule has 0 aliphatic carbocycles. The highest BCUT2D eigenvalue weighted by atomic mass is 16.3. The quantitative estimate of drug-likeness (QED) is 0.187. The third kappa shape index (κ3) is 4.40. The monoisotopic (exact) mass is 750 g/mol. The Kier molecular flexibility index (Phi) is 7.03. The first-order valence-corrected chi connectivity index (χ1v) is 19.1. The van der Waals surface area contributed by atoms with Gasteiger partial charge in [0.1, 0.15) is 17.1 Å². The van der Waals surface area contributed by atoms with Crippen LogP contribution in [-0.2, 0) is 15.1 Å². The maximum Gasteiger partial charge on any atom is 0.266 e. The molecule has 278 valence electrons. The van der Waals surface area contributed by atoms with Crippen molar-refractivity contribution in [2.45, 2.75) is 31.3 Å². The molecule has 2 amide bonds. The first-order chi connectivity index (χ1) is 27.8. The van der Waals surface area contributed by atoms with Gasteiger partial charge in [0.25, 0.3) is 5.56 Å². The maximum absolute atomic E-state index is 14.4. The van der Waals surface area contributed by atoms with Crippen molar-refractivity contribution in [2.75, 3.05) is 11.4 Å². The number of ketones is 1. The molecule has 7 heterocycles. The molecule has 3 saturated heterocycles. The number of hydrogen-bond donors (Lipinski definition) is 2. The van der Waals surface area contributed by atoms with Crippen LogP contribution in [0.1, 0.15) is 45.7 Å². The number of hydrogen-bond acceptors (Lipinski definition) is 8. The molecule has 2 aromatic heterocycles. The van der Waals surface area contributed by atoms with Crippen molar-refractivity contribution in [1.29, 1.82) is 0 Å². The number of rotatable bonds is 2. The lowest BCUT2D eigenvalue weighted by Gasteiger charge is -2.38. The number of para-hydroxylation sites is 4. The molecular weight excluding hydrogens is 717 g/mol. The number of nitrogens with zero attached hydrogens (tertiary/aromatic N) is 5. The smallest absolute Gasteiger partial charge is 0.266 e. The molecule has 0 radical (unpaired) electrons. The first kappa shape index (κ1) is 33.4. The third-order valence-corrected chi connectivity index (χ3v) is 12.5. The molecule has 2 unspecified atom stereocenters. The van der Waals surface area contributed by atoms with Crippen LogP contribution in [0.15, 0.2) is 131 Å². The fraction of sp³-hybridized carbons (Fsp3) is 0.174. The average Bonchev–Trinajstić information content (AvgIpc) is 4.06. The van der Waals surface area contributed by atoms with Crippen molar-refractivity contribution >= 4 is 56.5 Å². The Morgan fingerprint density at radius 3 is 2.33 bits per heavy atom. The van der Waals surface area contributed by atoms with Gasteiger partial charge in [-0.3, -0.25) is 28.6 Å². The maximum atomic E-state index is 14.4. The van der Waals surface area contributed by atoms with Crippen LogP contribution in [0.25, 0.3) is 27.5 Å². The molecule has 2 N–H and O–H groups in total. The zero-order valence-corrected chi connectivity index (χ0v) is 30.7. The van der Waals surface area contributed by atoms with E-state index in [0.717, 1.165) is 47.1 Å². The van der Waals surface area contributed by atoms with Crippen LogP contribution < -0.4 is 10.5 Å². The number of amides is 2. The second kappa shape index (κ2) is 12.0. The van der Waals surface area contributed by atoms with Gasteiger partial charge in [-0.1, -0.05) is 78.4 Å². The second-order valence-electron chi connectivity index (χ2n) is 15.3. The van der Waals surface area contributed by atoms with Crippen molar-refractivity contribution in [3.05, 3.63) is 160 Å². The summed E-state index contributed by atoms with van der Waals surface area (Å²) in [5.41, 5.74) is 5.58. The zero-order chi connectivity index (χ0) is 38.7. The highest BCUT2D eigenvalue weighted by Crippen LogP contribution is 2.62. The Hall–Kier alpha value is -6.98. The molecule has 1 spiro atoms. The second-order valence-corrected chi connectivity index (χ2v) is 15.3. The molecule has 11 heteroatoms. The Labute approximate surface area is 325 Å². The van der Waals surface area contributed by atoms with E-state index in [1.165, 1.54) is 4.90 Å². The van der Waals surface area contributed by atoms with E-state index in [9.17, 15) is 24.3 Å². The van der Waals surface area contributed by atoms with Crippen molar-refractivity contribution in [1.82, 2.24) is 19.4 Å². The summed E-state index contributed by atoms with van der Waals surface area (Å²) in [6.45, 7) is 2.73. The lowest BCUT2D eigenvalue weighted by Crippen LogP contribution is -2.51. The van der Waals surface area contributed by atoms with Crippen LogP contribution in [0, 0.1) is 18.8 Å². The number of aryl methyl sites for hydroxylation is 1. The van der Waals surface area contributed by atoms with Gasteiger partial charge < -0.3 is 10.1 Å². The van der Waals surface area contributed by atoms with E-state index in [4.69, 9.17) is 4.98 Å². The summed E-state index contributed by atoms with van der Waals surface area (Å²) in [5.74, 6) is -1.12. The fourth-order valence-corrected chi connectivity index (χ4v) is 10.2. The van der Waals surface area contributed by atoms with Crippen LogP contribution in [0.5, 0.6) is 5.88 Å². The number of benzene rings is 5. The molecular formula is C46H34N6O5. The minimum atomic E-state index is -0.974. The molecule has 11 nitrogen and oxygen atoms in total. The van der Waals surface area contributed by atoms with Gasteiger partial charge in [-0.15, -0.1) is 0 Å². The number of Topliss-reactive ketones (excluding diaryl/α,β-unsaturated/α-hetero) is 1. The van der Waals surface area contributed by atoms with Crippen molar-refractivity contribution < 1.29 is 19.5 Å². The molecule has 5 aliphatic rings. The van der Waals surface area contributed by atoms with Gasteiger partial charge >= 0.3 is 0 Å². The van der Waals surface area contributed by atoms with Gasteiger partial charge in [0, 0.05) is 28.1 Å². The van der Waals surface area contributed by atoms with E-state index < -0.39 is 17.4 Å². The lowest BCUT2D eigenvalue weighted by atomic mass is 9.75. The fourth-order valence-electron chi connectivity index (χ4n) is 10.2. The van der Waals surface area contributed by atoms with Crippen LogP contribution in [0.2, 0.25) is 0 Å². The van der Waals surface area contributed by atoms with E-state index >= 15 is 0 Å². The standard InChI is InChI=1S/C30H24N4O3.C16H10N2O2/c1-17-12-14-18(15-13-17)33-27(36)24-23-11-6-16-32(23)30(25(24)28(33)37)20-8-3-5-10-22(20)34-26(35)19-7-2-4-9-21(19)31-29(30)34;19-15-10-6-2-4-8-12(10)17-14(15)13-9-5-1-3-7-11(9)18-16(13)20/h2-5,7-10,12-15,23-25H,6,11,16H2,1H3;1-8,18,20H/t23?,24-,25+,30?;/m0./s1. The summed E-state index contributed by atoms with van der Waals surface area (Å²) in [7, 11) is 0. The van der Waals surface area contributed by atoms with E-state index in [2.05, 4.69) is 14.9 Å².